The highest BCUT2D eigenvalue weighted by molar-refractivity contribution is 5.71. The summed E-state index contributed by atoms with van der Waals surface area (Å²) in [6.07, 6.45) is 68.0. The monoisotopic (exact) mass is 873 g/mol. The third-order valence-electron chi connectivity index (χ3n) is 10.3. The maximum atomic E-state index is 12.8. The van der Waals surface area contributed by atoms with Crippen molar-refractivity contribution in [2.24, 2.45) is 0 Å². The lowest BCUT2D eigenvalue weighted by atomic mass is 10.1. The zero-order valence-electron chi connectivity index (χ0n) is 40.5. The van der Waals surface area contributed by atoms with Gasteiger partial charge in [-0.25, -0.2) is 0 Å². The van der Waals surface area contributed by atoms with Crippen LogP contribution in [0.25, 0.3) is 0 Å². The summed E-state index contributed by atoms with van der Waals surface area (Å²) in [6.45, 7) is 6.37. The Balaban J connectivity index is 4.54. The summed E-state index contributed by atoms with van der Waals surface area (Å²) in [6, 6.07) is 0. The molecule has 6 heteroatoms. The summed E-state index contributed by atoms with van der Waals surface area (Å²) in [5.41, 5.74) is 0. The van der Waals surface area contributed by atoms with Crippen molar-refractivity contribution in [3.8, 4) is 0 Å². The lowest BCUT2D eigenvalue weighted by molar-refractivity contribution is -0.166. The number of carbonyl (C=O) groups excluding carboxylic acids is 3. The fraction of sp³-hybridized carbons (Fsp3) is 0.632. The van der Waals surface area contributed by atoms with Crippen molar-refractivity contribution in [1.82, 2.24) is 0 Å². The molecule has 6 nitrogen and oxygen atoms in total. The minimum atomic E-state index is -0.823. The molecule has 356 valence electrons. The van der Waals surface area contributed by atoms with Crippen LogP contribution in [0.1, 0.15) is 213 Å². The molecule has 0 aliphatic heterocycles. The van der Waals surface area contributed by atoms with Gasteiger partial charge in [0.05, 0.1) is 0 Å². The molecule has 0 bridgehead atoms. The van der Waals surface area contributed by atoms with E-state index in [4.69, 9.17) is 14.2 Å². The summed E-state index contributed by atoms with van der Waals surface area (Å²) in [5.74, 6) is -1.05. The van der Waals surface area contributed by atoms with E-state index in [1.54, 1.807) is 0 Å². The minimum absolute atomic E-state index is 0.122. The third-order valence-corrected chi connectivity index (χ3v) is 10.3. The molecule has 0 aromatic carbocycles. The highest BCUT2D eigenvalue weighted by atomic mass is 16.6. The Morgan fingerprint density at radius 1 is 0.333 bits per heavy atom. The van der Waals surface area contributed by atoms with Gasteiger partial charge in [-0.3, -0.25) is 14.4 Å². The van der Waals surface area contributed by atoms with E-state index >= 15 is 0 Å². The average molecular weight is 873 g/mol. The molecule has 0 aliphatic carbocycles. The van der Waals surface area contributed by atoms with Gasteiger partial charge in [-0.15, -0.1) is 0 Å². The molecule has 0 amide bonds. The molecule has 0 aromatic heterocycles. The summed E-state index contributed by atoms with van der Waals surface area (Å²) < 4.78 is 16.7. The van der Waals surface area contributed by atoms with E-state index in [2.05, 4.69) is 118 Å². The molecule has 0 fully saturated rings. The van der Waals surface area contributed by atoms with Crippen LogP contribution < -0.4 is 0 Å². The van der Waals surface area contributed by atoms with Gasteiger partial charge in [0.25, 0.3) is 0 Å². The molecule has 0 saturated heterocycles. The Kier molecular flexibility index (Phi) is 47.5. The molecule has 0 aromatic rings. The first-order valence-corrected chi connectivity index (χ1v) is 25.4. The number of allylic oxidation sites excluding steroid dienone is 18. The zero-order chi connectivity index (χ0) is 45.8. The predicted octanol–water partition coefficient (Wildman–Crippen LogP) is 16.8. The van der Waals surface area contributed by atoms with Crippen molar-refractivity contribution in [3.05, 3.63) is 109 Å². The van der Waals surface area contributed by atoms with Gasteiger partial charge in [-0.2, -0.15) is 0 Å². The van der Waals surface area contributed by atoms with Gasteiger partial charge < -0.3 is 14.2 Å². The summed E-state index contributed by atoms with van der Waals surface area (Å²) >= 11 is 0. The average Bonchev–Trinajstić information content (AvgIpc) is 3.28. The van der Waals surface area contributed by atoms with Crippen LogP contribution >= 0.6 is 0 Å². The van der Waals surface area contributed by atoms with Crippen molar-refractivity contribution < 1.29 is 28.6 Å². The molecule has 0 N–H and O–H groups in total. The first-order chi connectivity index (χ1) is 31.0. The predicted molar refractivity (Wildman–Crippen MR) is 270 cm³/mol. The largest absolute Gasteiger partial charge is 0.462 e. The first-order valence-electron chi connectivity index (χ1n) is 25.4. The van der Waals surface area contributed by atoms with E-state index in [1.807, 2.05) is 12.2 Å². The first kappa shape index (κ1) is 59.1. The van der Waals surface area contributed by atoms with Crippen molar-refractivity contribution in [1.29, 1.82) is 0 Å². The summed E-state index contributed by atoms with van der Waals surface area (Å²) in [7, 11) is 0. The molecule has 1 atom stereocenters. The highest BCUT2D eigenvalue weighted by Crippen LogP contribution is 2.13. The molecule has 0 radical (unpaired) electrons. The Labute approximate surface area is 387 Å². The number of hydrogen-bond acceptors (Lipinski definition) is 6. The van der Waals surface area contributed by atoms with Crippen LogP contribution in [0, 0.1) is 0 Å². The quantitative estimate of drug-likeness (QED) is 0.0263. The van der Waals surface area contributed by atoms with Crippen LogP contribution in [0.15, 0.2) is 109 Å². The second-order valence-electron chi connectivity index (χ2n) is 16.3. The second-order valence-corrected chi connectivity index (χ2v) is 16.3. The molecule has 0 aliphatic rings. The van der Waals surface area contributed by atoms with Crippen molar-refractivity contribution in [2.75, 3.05) is 13.2 Å². The second kappa shape index (κ2) is 50.7. The van der Waals surface area contributed by atoms with Gasteiger partial charge in [0.2, 0.25) is 0 Å². The van der Waals surface area contributed by atoms with Crippen molar-refractivity contribution in [2.45, 2.75) is 219 Å². The van der Waals surface area contributed by atoms with Crippen LogP contribution in [0.5, 0.6) is 0 Å². The topological polar surface area (TPSA) is 78.9 Å². The summed E-state index contributed by atoms with van der Waals surface area (Å²) in [5, 5.41) is 0. The number of esters is 3. The smallest absolute Gasteiger partial charge is 0.306 e. The van der Waals surface area contributed by atoms with Gasteiger partial charge in [0, 0.05) is 19.3 Å². The van der Waals surface area contributed by atoms with Crippen LogP contribution in [-0.2, 0) is 28.6 Å². The fourth-order valence-electron chi connectivity index (χ4n) is 6.47. The molecule has 0 saturated carbocycles. The molecule has 0 rings (SSSR count). The maximum Gasteiger partial charge on any atom is 0.306 e. The maximum absolute atomic E-state index is 12.8. The molecular formula is C57H92O6. The zero-order valence-corrected chi connectivity index (χ0v) is 40.5. The molecule has 0 unspecified atom stereocenters. The number of unbranched alkanes of at least 4 members (excludes halogenated alkanes) is 15. The van der Waals surface area contributed by atoms with E-state index in [1.165, 1.54) is 77.0 Å². The van der Waals surface area contributed by atoms with E-state index in [9.17, 15) is 14.4 Å². The fourth-order valence-corrected chi connectivity index (χ4v) is 6.47. The summed E-state index contributed by atoms with van der Waals surface area (Å²) in [4.78, 5) is 37.9. The number of ether oxygens (including phenoxy) is 3. The Bertz CT molecular complexity index is 1330. The van der Waals surface area contributed by atoms with E-state index in [0.717, 1.165) is 83.5 Å². The molecule has 63 heavy (non-hydrogen) atoms. The third kappa shape index (κ3) is 49.0. The minimum Gasteiger partial charge on any atom is -0.462 e. The molecular weight excluding hydrogens is 781 g/mol. The van der Waals surface area contributed by atoms with Gasteiger partial charge in [-0.05, 0) is 96.3 Å². The standard InChI is InChI=1S/C57H92O6/c1-4-7-10-13-16-19-22-24-26-27-28-29-31-33-36-38-41-44-47-50-56(59)62-53-54(63-57(60)51-48-45-42-39-34-21-18-15-12-9-6-3)52-61-55(58)49-46-43-40-37-35-32-30-25-23-20-17-14-11-8-5-2/h7,10,16-17,19-20,24-26,28-30,33,35-37,41,44,54H,4-6,8-9,11-15,18,21-23,27,31-32,34,38-40,42-43,45-53H2,1-3H3/b10-7-,19-16-,20-17-,26-24-,29-28-,30-25-,36-33-,37-35-,44-41-/t54-/m0/s1. The van der Waals surface area contributed by atoms with Gasteiger partial charge in [0.15, 0.2) is 6.10 Å². The lowest BCUT2D eigenvalue weighted by Crippen LogP contribution is -2.30. The van der Waals surface area contributed by atoms with E-state index in [-0.39, 0.29) is 37.5 Å². The Morgan fingerprint density at radius 2 is 0.651 bits per heavy atom. The van der Waals surface area contributed by atoms with Crippen LogP contribution in [0.3, 0.4) is 0 Å². The normalized spacial score (nSPS) is 13.0. The van der Waals surface area contributed by atoms with Crippen LogP contribution in [0.2, 0.25) is 0 Å². The van der Waals surface area contributed by atoms with Gasteiger partial charge in [-0.1, -0.05) is 207 Å². The van der Waals surface area contributed by atoms with E-state index < -0.39 is 6.10 Å². The van der Waals surface area contributed by atoms with Gasteiger partial charge in [0.1, 0.15) is 13.2 Å². The Morgan fingerprint density at radius 3 is 1.10 bits per heavy atom. The highest BCUT2D eigenvalue weighted by Gasteiger charge is 2.19. The van der Waals surface area contributed by atoms with Crippen molar-refractivity contribution in [3.63, 3.8) is 0 Å². The van der Waals surface area contributed by atoms with Crippen LogP contribution in [0.4, 0.5) is 0 Å². The molecule has 0 spiro atoms. The lowest BCUT2D eigenvalue weighted by Gasteiger charge is -2.18. The Hall–Kier alpha value is -3.93. The molecule has 0 heterocycles. The van der Waals surface area contributed by atoms with Crippen LogP contribution in [-0.4, -0.2) is 37.2 Å². The van der Waals surface area contributed by atoms with Crippen molar-refractivity contribution >= 4 is 17.9 Å². The number of carbonyl (C=O) groups is 3. The SMILES string of the molecule is CC/C=C\C/C=C\C/C=C\C/C=C\C/C=C\C/C=C\CCC(=O)OC[C@H](COC(=O)CCCC/C=C\C/C=C\C/C=C\CCCCC)OC(=O)CCCCCCCCCCCCC. The number of rotatable bonds is 44. The number of hydrogen-bond donors (Lipinski definition) is 0. The van der Waals surface area contributed by atoms with Gasteiger partial charge >= 0.3 is 17.9 Å². The van der Waals surface area contributed by atoms with E-state index in [0.29, 0.717) is 25.7 Å².